The Kier molecular flexibility index (Phi) is 6.86. The van der Waals surface area contributed by atoms with Gasteiger partial charge in [0.2, 0.25) is 11.8 Å². The van der Waals surface area contributed by atoms with Crippen molar-refractivity contribution in [3.63, 3.8) is 0 Å². The summed E-state index contributed by atoms with van der Waals surface area (Å²) in [5, 5.41) is 2.90. The zero-order valence-corrected chi connectivity index (χ0v) is 14.1. The van der Waals surface area contributed by atoms with Crippen molar-refractivity contribution in [3.05, 3.63) is 0 Å². The van der Waals surface area contributed by atoms with Crippen LogP contribution in [0.1, 0.15) is 47.5 Å². The zero-order chi connectivity index (χ0) is 15.3. The molecule has 0 bridgehead atoms. The summed E-state index contributed by atoms with van der Waals surface area (Å²) in [4.78, 5) is 26.9. The summed E-state index contributed by atoms with van der Waals surface area (Å²) >= 11 is 1.82. The molecule has 2 amide bonds. The van der Waals surface area contributed by atoms with Crippen molar-refractivity contribution in [2.24, 2.45) is 5.92 Å². The molecular formula is C15H28N2O2S. The molecule has 3 unspecified atom stereocenters. The number of hydrogen-bond donors (Lipinski definition) is 1. The second-order valence-electron chi connectivity index (χ2n) is 5.79. The van der Waals surface area contributed by atoms with E-state index in [-0.39, 0.29) is 35.9 Å². The van der Waals surface area contributed by atoms with Gasteiger partial charge in [0, 0.05) is 11.8 Å². The average molecular weight is 300 g/mol. The Morgan fingerprint density at radius 2 is 1.90 bits per heavy atom. The lowest BCUT2D eigenvalue weighted by Crippen LogP contribution is -2.67. The molecule has 5 heteroatoms. The van der Waals surface area contributed by atoms with E-state index in [9.17, 15) is 9.59 Å². The standard InChI is InChI=1S/C15H28N2O2S/c1-6-8-12-15(19)17(11(5)9-20-7-2)13(10(3)4)14(18)16-12/h10-13H,6-9H2,1-5H3,(H,16,18). The summed E-state index contributed by atoms with van der Waals surface area (Å²) in [7, 11) is 0. The number of nitrogens with zero attached hydrogens (tertiary/aromatic N) is 1. The van der Waals surface area contributed by atoms with Crippen LogP contribution < -0.4 is 5.32 Å². The fourth-order valence-corrected chi connectivity index (χ4v) is 3.47. The first-order valence-corrected chi connectivity index (χ1v) is 8.79. The average Bonchev–Trinajstić information content (AvgIpc) is 2.39. The predicted octanol–water partition coefficient (Wildman–Crippen LogP) is 2.28. The van der Waals surface area contributed by atoms with Crippen molar-refractivity contribution in [3.8, 4) is 0 Å². The zero-order valence-electron chi connectivity index (χ0n) is 13.3. The van der Waals surface area contributed by atoms with Gasteiger partial charge in [0.05, 0.1) is 0 Å². The molecule has 3 atom stereocenters. The Morgan fingerprint density at radius 3 is 2.40 bits per heavy atom. The van der Waals surface area contributed by atoms with E-state index in [0.29, 0.717) is 0 Å². The van der Waals surface area contributed by atoms with Crippen LogP contribution in [0.25, 0.3) is 0 Å². The van der Waals surface area contributed by atoms with Crippen molar-refractivity contribution in [1.82, 2.24) is 10.2 Å². The molecule has 1 aliphatic rings. The molecule has 0 spiro atoms. The molecule has 4 nitrogen and oxygen atoms in total. The van der Waals surface area contributed by atoms with Crippen molar-refractivity contribution >= 4 is 23.6 Å². The number of amides is 2. The van der Waals surface area contributed by atoms with Crippen LogP contribution in [0.2, 0.25) is 0 Å². The highest BCUT2D eigenvalue weighted by Gasteiger charge is 2.43. The fraction of sp³-hybridized carbons (Fsp3) is 0.867. The Balaban J connectivity index is 2.95. The van der Waals surface area contributed by atoms with E-state index in [1.165, 1.54) is 0 Å². The molecule has 1 saturated heterocycles. The molecule has 1 heterocycles. The minimum absolute atomic E-state index is 0.00592. The maximum absolute atomic E-state index is 12.7. The van der Waals surface area contributed by atoms with Crippen LogP contribution in [-0.4, -0.2) is 46.3 Å². The molecule has 0 aromatic rings. The number of hydrogen-bond acceptors (Lipinski definition) is 3. The third-order valence-corrected chi connectivity index (χ3v) is 4.81. The van der Waals surface area contributed by atoms with Crippen molar-refractivity contribution in [2.45, 2.75) is 65.6 Å². The van der Waals surface area contributed by atoms with E-state index in [0.717, 1.165) is 24.3 Å². The van der Waals surface area contributed by atoms with Crippen LogP contribution in [0, 0.1) is 5.92 Å². The molecule has 1 N–H and O–H groups in total. The largest absolute Gasteiger partial charge is 0.342 e. The summed E-state index contributed by atoms with van der Waals surface area (Å²) in [5.41, 5.74) is 0. The third kappa shape index (κ3) is 3.90. The summed E-state index contributed by atoms with van der Waals surface area (Å²) in [5.74, 6) is 2.15. The number of piperazine rings is 1. The first kappa shape index (κ1) is 17.3. The predicted molar refractivity (Wildman–Crippen MR) is 84.8 cm³/mol. The normalized spacial score (nSPS) is 25.0. The lowest BCUT2D eigenvalue weighted by atomic mass is 9.94. The molecule has 0 aliphatic carbocycles. The topological polar surface area (TPSA) is 49.4 Å². The lowest BCUT2D eigenvalue weighted by Gasteiger charge is -2.44. The lowest BCUT2D eigenvalue weighted by molar-refractivity contribution is -0.153. The molecule has 1 fully saturated rings. The van der Waals surface area contributed by atoms with Crippen LogP contribution in [-0.2, 0) is 9.59 Å². The molecule has 0 radical (unpaired) electrons. The van der Waals surface area contributed by atoms with Gasteiger partial charge in [-0.15, -0.1) is 0 Å². The molecule has 0 aromatic carbocycles. The summed E-state index contributed by atoms with van der Waals surface area (Å²) < 4.78 is 0. The molecule has 0 saturated carbocycles. The number of carbonyl (C=O) groups is 2. The van der Waals surface area contributed by atoms with Gasteiger partial charge in [-0.25, -0.2) is 0 Å². The quantitative estimate of drug-likeness (QED) is 0.785. The van der Waals surface area contributed by atoms with Crippen LogP contribution in [0.4, 0.5) is 0 Å². The van der Waals surface area contributed by atoms with E-state index < -0.39 is 0 Å². The monoisotopic (exact) mass is 300 g/mol. The SMILES string of the molecule is CCCC1NC(=O)C(C(C)C)N(C(C)CSCC)C1=O. The summed E-state index contributed by atoms with van der Waals surface area (Å²) in [6, 6.07) is -0.565. The van der Waals surface area contributed by atoms with Gasteiger partial charge in [-0.05, 0) is 25.0 Å². The van der Waals surface area contributed by atoms with Crippen molar-refractivity contribution in [2.75, 3.05) is 11.5 Å². The van der Waals surface area contributed by atoms with Gasteiger partial charge in [0.15, 0.2) is 0 Å². The van der Waals surface area contributed by atoms with Crippen molar-refractivity contribution < 1.29 is 9.59 Å². The highest BCUT2D eigenvalue weighted by Crippen LogP contribution is 2.23. The van der Waals surface area contributed by atoms with Gasteiger partial charge in [-0.2, -0.15) is 11.8 Å². The highest BCUT2D eigenvalue weighted by molar-refractivity contribution is 7.99. The second kappa shape index (κ2) is 7.91. The van der Waals surface area contributed by atoms with Crippen LogP contribution >= 0.6 is 11.8 Å². The van der Waals surface area contributed by atoms with E-state index in [2.05, 4.69) is 19.2 Å². The smallest absolute Gasteiger partial charge is 0.246 e. The first-order valence-electron chi connectivity index (χ1n) is 7.64. The van der Waals surface area contributed by atoms with Gasteiger partial charge in [-0.1, -0.05) is 34.1 Å². The molecule has 1 aliphatic heterocycles. The maximum Gasteiger partial charge on any atom is 0.246 e. The van der Waals surface area contributed by atoms with E-state index in [1.54, 1.807) is 0 Å². The molecule has 20 heavy (non-hydrogen) atoms. The fourth-order valence-electron chi connectivity index (χ4n) is 2.73. The Bertz CT molecular complexity index is 347. The molecule has 0 aromatic heterocycles. The molecule has 1 rings (SSSR count). The Labute approximate surface area is 127 Å². The second-order valence-corrected chi connectivity index (χ2v) is 7.11. The van der Waals surface area contributed by atoms with E-state index >= 15 is 0 Å². The summed E-state index contributed by atoms with van der Waals surface area (Å²) in [6.07, 6.45) is 1.62. The van der Waals surface area contributed by atoms with Gasteiger partial charge in [0.1, 0.15) is 12.1 Å². The molecular weight excluding hydrogens is 272 g/mol. The van der Waals surface area contributed by atoms with E-state index in [4.69, 9.17) is 0 Å². The van der Waals surface area contributed by atoms with Crippen LogP contribution in [0.15, 0.2) is 0 Å². The van der Waals surface area contributed by atoms with Gasteiger partial charge in [0.25, 0.3) is 0 Å². The number of rotatable bonds is 7. The van der Waals surface area contributed by atoms with Gasteiger partial charge < -0.3 is 10.2 Å². The van der Waals surface area contributed by atoms with Crippen LogP contribution in [0.5, 0.6) is 0 Å². The highest BCUT2D eigenvalue weighted by atomic mass is 32.2. The van der Waals surface area contributed by atoms with E-state index in [1.807, 2.05) is 37.4 Å². The number of thioether (sulfide) groups is 1. The molecule has 116 valence electrons. The number of nitrogens with one attached hydrogen (secondary N) is 1. The van der Waals surface area contributed by atoms with Crippen molar-refractivity contribution in [1.29, 1.82) is 0 Å². The maximum atomic E-state index is 12.7. The third-order valence-electron chi connectivity index (χ3n) is 3.68. The minimum atomic E-state index is -0.337. The van der Waals surface area contributed by atoms with Crippen LogP contribution in [0.3, 0.4) is 0 Å². The van der Waals surface area contributed by atoms with Gasteiger partial charge >= 0.3 is 0 Å². The van der Waals surface area contributed by atoms with Gasteiger partial charge in [-0.3, -0.25) is 9.59 Å². The first-order chi connectivity index (χ1) is 9.43. The Hall–Kier alpha value is -0.710. The summed E-state index contributed by atoms with van der Waals surface area (Å²) in [6.45, 7) is 10.2. The minimum Gasteiger partial charge on any atom is -0.342 e. The Morgan fingerprint density at radius 1 is 1.25 bits per heavy atom. The number of carbonyl (C=O) groups excluding carboxylic acids is 2.